The molecule has 0 spiro atoms. The van der Waals surface area contributed by atoms with Crippen LogP contribution >= 0.6 is 11.3 Å². The topological polar surface area (TPSA) is 49.8 Å². The Labute approximate surface area is 124 Å². The molecule has 3 rings (SSSR count). The lowest BCUT2D eigenvalue weighted by Crippen LogP contribution is -2.37. The Morgan fingerprint density at radius 2 is 2.25 bits per heavy atom. The molecule has 0 saturated carbocycles. The number of likely N-dealkylation sites (N-methyl/N-ethyl adjacent to an activating group) is 1. The standard InChI is InChI=1S/C14H23N5S/c1-3-17(4-2)11-5-6-18(10-11)13-12(9-15)19-7-8-20-14(19)16-13/h7-8,11H,3-6,9-10,15H2,1-2H3. The van der Waals surface area contributed by atoms with Gasteiger partial charge in [-0.2, -0.15) is 0 Å². The predicted octanol–water partition coefficient (Wildman–Crippen LogP) is 1.77. The number of aromatic nitrogens is 2. The maximum atomic E-state index is 5.94. The molecule has 1 fully saturated rings. The normalized spacial score (nSPS) is 19.6. The minimum absolute atomic E-state index is 0.541. The van der Waals surface area contributed by atoms with Gasteiger partial charge in [0.2, 0.25) is 0 Å². The molecule has 0 amide bonds. The van der Waals surface area contributed by atoms with Gasteiger partial charge in [0.05, 0.1) is 5.69 Å². The Kier molecular flexibility index (Phi) is 3.96. The first-order valence-corrected chi connectivity index (χ1v) is 8.29. The summed E-state index contributed by atoms with van der Waals surface area (Å²) in [6, 6.07) is 0.648. The van der Waals surface area contributed by atoms with Crippen molar-refractivity contribution in [2.45, 2.75) is 32.9 Å². The van der Waals surface area contributed by atoms with Crippen molar-refractivity contribution in [2.24, 2.45) is 5.73 Å². The summed E-state index contributed by atoms with van der Waals surface area (Å²) < 4.78 is 2.13. The van der Waals surface area contributed by atoms with Gasteiger partial charge >= 0.3 is 0 Å². The fraction of sp³-hybridized carbons (Fsp3) is 0.643. The molecule has 110 valence electrons. The zero-order valence-electron chi connectivity index (χ0n) is 12.2. The van der Waals surface area contributed by atoms with E-state index in [1.54, 1.807) is 11.3 Å². The van der Waals surface area contributed by atoms with Gasteiger partial charge in [0.15, 0.2) is 10.8 Å². The third-order valence-corrected chi connectivity index (χ3v) is 5.08. The average molecular weight is 293 g/mol. The van der Waals surface area contributed by atoms with E-state index in [-0.39, 0.29) is 0 Å². The van der Waals surface area contributed by atoms with Crippen LogP contribution in [0.2, 0.25) is 0 Å². The molecule has 5 nitrogen and oxygen atoms in total. The van der Waals surface area contributed by atoms with Crippen LogP contribution in [0.25, 0.3) is 4.96 Å². The van der Waals surface area contributed by atoms with E-state index < -0.39 is 0 Å². The fourth-order valence-electron chi connectivity index (χ4n) is 3.24. The first-order valence-electron chi connectivity index (χ1n) is 7.42. The fourth-order valence-corrected chi connectivity index (χ4v) is 3.96. The second-order valence-electron chi connectivity index (χ2n) is 5.25. The average Bonchev–Trinajstić information content (AvgIpc) is 3.14. The zero-order valence-corrected chi connectivity index (χ0v) is 13.1. The Morgan fingerprint density at radius 3 is 2.95 bits per heavy atom. The molecule has 0 aliphatic carbocycles. The Balaban J connectivity index is 1.84. The molecule has 2 aromatic heterocycles. The molecule has 1 unspecified atom stereocenters. The SMILES string of the molecule is CCN(CC)C1CCN(c2nc3sccn3c2CN)C1. The summed E-state index contributed by atoms with van der Waals surface area (Å²) in [5.74, 6) is 1.09. The molecule has 1 atom stereocenters. The molecule has 1 saturated heterocycles. The van der Waals surface area contributed by atoms with Gasteiger partial charge in [-0.05, 0) is 19.5 Å². The number of rotatable bonds is 5. The van der Waals surface area contributed by atoms with E-state index >= 15 is 0 Å². The highest BCUT2D eigenvalue weighted by atomic mass is 32.1. The van der Waals surface area contributed by atoms with Gasteiger partial charge in [-0.1, -0.05) is 13.8 Å². The van der Waals surface area contributed by atoms with Gasteiger partial charge < -0.3 is 10.6 Å². The summed E-state index contributed by atoms with van der Waals surface area (Å²) in [6.07, 6.45) is 3.29. The molecule has 0 aromatic carbocycles. The van der Waals surface area contributed by atoms with Crippen LogP contribution in [0.5, 0.6) is 0 Å². The molecule has 2 aromatic rings. The lowest BCUT2D eigenvalue weighted by Gasteiger charge is -2.26. The maximum Gasteiger partial charge on any atom is 0.195 e. The Hall–Kier alpha value is -1.11. The molecule has 20 heavy (non-hydrogen) atoms. The zero-order chi connectivity index (χ0) is 14.1. The van der Waals surface area contributed by atoms with Crippen molar-refractivity contribution in [1.82, 2.24) is 14.3 Å². The summed E-state index contributed by atoms with van der Waals surface area (Å²) >= 11 is 1.67. The van der Waals surface area contributed by atoms with Crippen LogP contribution in [0.1, 0.15) is 26.0 Å². The van der Waals surface area contributed by atoms with Crippen LogP contribution in [0.3, 0.4) is 0 Å². The molecule has 2 N–H and O–H groups in total. The second kappa shape index (κ2) is 5.71. The third kappa shape index (κ3) is 2.21. The van der Waals surface area contributed by atoms with Gasteiger partial charge in [0.1, 0.15) is 0 Å². The van der Waals surface area contributed by atoms with Crippen LogP contribution in [0, 0.1) is 0 Å². The predicted molar refractivity (Wildman–Crippen MR) is 84.5 cm³/mol. The molecule has 0 bridgehead atoms. The van der Waals surface area contributed by atoms with Gasteiger partial charge in [-0.3, -0.25) is 9.30 Å². The quantitative estimate of drug-likeness (QED) is 0.913. The van der Waals surface area contributed by atoms with Crippen molar-refractivity contribution < 1.29 is 0 Å². The van der Waals surface area contributed by atoms with Crippen molar-refractivity contribution in [3.63, 3.8) is 0 Å². The summed E-state index contributed by atoms with van der Waals surface area (Å²) in [7, 11) is 0. The minimum atomic E-state index is 0.541. The molecule has 3 heterocycles. The summed E-state index contributed by atoms with van der Waals surface area (Å²) in [4.78, 5) is 10.8. The summed E-state index contributed by atoms with van der Waals surface area (Å²) in [5, 5.41) is 2.06. The number of anilines is 1. The molecular weight excluding hydrogens is 270 g/mol. The van der Waals surface area contributed by atoms with Crippen molar-refractivity contribution in [1.29, 1.82) is 0 Å². The minimum Gasteiger partial charge on any atom is -0.353 e. The van der Waals surface area contributed by atoms with E-state index in [0.29, 0.717) is 12.6 Å². The van der Waals surface area contributed by atoms with E-state index in [1.807, 2.05) is 0 Å². The molecular formula is C14H23N5S. The van der Waals surface area contributed by atoms with Gasteiger partial charge in [-0.15, -0.1) is 11.3 Å². The molecule has 6 heteroatoms. The number of fused-ring (bicyclic) bond motifs is 1. The van der Waals surface area contributed by atoms with Crippen molar-refractivity contribution in [3.8, 4) is 0 Å². The van der Waals surface area contributed by atoms with Crippen molar-refractivity contribution in [3.05, 3.63) is 17.3 Å². The van der Waals surface area contributed by atoms with E-state index in [4.69, 9.17) is 10.7 Å². The summed E-state index contributed by atoms with van der Waals surface area (Å²) in [5.41, 5.74) is 7.08. The lowest BCUT2D eigenvalue weighted by atomic mass is 10.2. The maximum absolute atomic E-state index is 5.94. The van der Waals surface area contributed by atoms with Gasteiger partial charge in [0, 0.05) is 37.3 Å². The van der Waals surface area contributed by atoms with E-state index in [2.05, 4.69) is 39.6 Å². The number of nitrogens with two attached hydrogens (primary N) is 1. The van der Waals surface area contributed by atoms with Crippen molar-refractivity contribution >= 4 is 22.1 Å². The third-order valence-electron chi connectivity index (χ3n) is 4.32. The van der Waals surface area contributed by atoms with E-state index in [9.17, 15) is 0 Å². The second-order valence-corrected chi connectivity index (χ2v) is 6.12. The number of imidazole rings is 1. The van der Waals surface area contributed by atoms with Crippen LogP contribution < -0.4 is 10.6 Å². The highest BCUT2D eigenvalue weighted by molar-refractivity contribution is 7.15. The first-order chi connectivity index (χ1) is 9.78. The highest BCUT2D eigenvalue weighted by Crippen LogP contribution is 2.28. The van der Waals surface area contributed by atoms with E-state index in [0.717, 1.165) is 42.7 Å². The van der Waals surface area contributed by atoms with Crippen LogP contribution in [0.15, 0.2) is 11.6 Å². The largest absolute Gasteiger partial charge is 0.353 e. The Bertz CT molecular complexity index is 571. The number of nitrogens with zero attached hydrogens (tertiary/aromatic N) is 4. The summed E-state index contributed by atoms with van der Waals surface area (Å²) in [6.45, 7) is 9.42. The van der Waals surface area contributed by atoms with Crippen LogP contribution in [-0.4, -0.2) is 46.5 Å². The monoisotopic (exact) mass is 293 g/mol. The number of hydrogen-bond donors (Lipinski definition) is 1. The number of hydrogen-bond acceptors (Lipinski definition) is 5. The van der Waals surface area contributed by atoms with E-state index in [1.165, 1.54) is 6.42 Å². The first kappa shape index (κ1) is 13.9. The molecule has 0 radical (unpaired) electrons. The van der Waals surface area contributed by atoms with Crippen LogP contribution in [-0.2, 0) is 6.54 Å². The highest BCUT2D eigenvalue weighted by Gasteiger charge is 2.29. The molecule has 1 aliphatic rings. The number of thiazole rings is 1. The van der Waals surface area contributed by atoms with Gasteiger partial charge in [-0.25, -0.2) is 4.98 Å². The van der Waals surface area contributed by atoms with Crippen molar-refractivity contribution in [2.75, 3.05) is 31.1 Å². The smallest absolute Gasteiger partial charge is 0.195 e. The molecule has 1 aliphatic heterocycles. The van der Waals surface area contributed by atoms with Gasteiger partial charge in [0.25, 0.3) is 0 Å². The van der Waals surface area contributed by atoms with Crippen LogP contribution in [0.4, 0.5) is 5.82 Å². The lowest BCUT2D eigenvalue weighted by molar-refractivity contribution is 0.232. The Morgan fingerprint density at radius 1 is 1.45 bits per heavy atom.